The maximum atomic E-state index is 12.0. The van der Waals surface area contributed by atoms with E-state index in [2.05, 4.69) is 44.9 Å². The van der Waals surface area contributed by atoms with Crippen LogP contribution in [0.2, 0.25) is 5.15 Å². The summed E-state index contributed by atoms with van der Waals surface area (Å²) < 4.78 is 0. The van der Waals surface area contributed by atoms with Crippen LogP contribution in [0.1, 0.15) is 20.9 Å². The first-order chi connectivity index (χ1) is 11.6. The van der Waals surface area contributed by atoms with Gasteiger partial charge in [-0.25, -0.2) is 9.97 Å². The molecule has 3 rings (SSSR count). The second kappa shape index (κ2) is 7.55. The summed E-state index contributed by atoms with van der Waals surface area (Å²) >= 11 is 7.36. The number of thiazole rings is 1. The van der Waals surface area contributed by atoms with Crippen molar-refractivity contribution in [1.82, 2.24) is 15.3 Å². The summed E-state index contributed by atoms with van der Waals surface area (Å²) in [6.45, 7) is 2.57. The molecule has 0 spiro atoms. The molecular weight excluding hydrogens is 342 g/mol. The van der Waals surface area contributed by atoms with Crippen LogP contribution in [0.4, 0.5) is 0 Å². The third-order valence-corrected chi connectivity index (χ3v) is 4.55. The molecule has 0 saturated carbocycles. The molecule has 0 unspecified atom stereocenters. The lowest BCUT2D eigenvalue weighted by Crippen LogP contribution is -2.25. The zero-order valence-electron chi connectivity index (χ0n) is 13.1. The van der Waals surface area contributed by atoms with E-state index < -0.39 is 0 Å². The molecule has 122 valence electrons. The molecule has 4 nitrogen and oxygen atoms in total. The number of aromatic nitrogens is 2. The number of amides is 1. The Hall–Kier alpha value is -2.24. The highest BCUT2D eigenvalue weighted by atomic mass is 35.5. The van der Waals surface area contributed by atoms with Crippen molar-refractivity contribution in [2.45, 2.75) is 13.3 Å². The van der Waals surface area contributed by atoms with Gasteiger partial charge in [0.05, 0.1) is 16.3 Å². The summed E-state index contributed by atoms with van der Waals surface area (Å²) in [7, 11) is 0. The average molecular weight is 358 g/mol. The highest BCUT2D eigenvalue weighted by Crippen LogP contribution is 2.21. The molecule has 0 atom stereocenters. The number of benzene rings is 1. The molecule has 0 aliphatic carbocycles. The standard InChI is InChI=1S/C18H16ClN3OS/c1-12-22-16(11-24-12)14-4-2-13(3-5-14)8-9-20-18(23)15-6-7-17(19)21-10-15/h2-7,10-11H,8-9H2,1H3,(H,20,23). The number of aryl methyl sites for hydroxylation is 1. The zero-order chi connectivity index (χ0) is 16.9. The molecule has 2 aromatic heterocycles. The Bertz CT molecular complexity index is 828. The fraction of sp³-hybridized carbons (Fsp3) is 0.167. The number of nitrogens with one attached hydrogen (secondary N) is 1. The molecule has 24 heavy (non-hydrogen) atoms. The van der Waals surface area contributed by atoms with Gasteiger partial charge in [0.2, 0.25) is 0 Å². The average Bonchev–Trinajstić information content (AvgIpc) is 3.02. The Labute approximate surface area is 149 Å². The Morgan fingerprint density at radius 3 is 2.62 bits per heavy atom. The maximum Gasteiger partial charge on any atom is 0.252 e. The zero-order valence-corrected chi connectivity index (χ0v) is 14.7. The van der Waals surface area contributed by atoms with Gasteiger partial charge in [0, 0.05) is 23.7 Å². The molecule has 0 aliphatic rings. The van der Waals surface area contributed by atoms with Crippen molar-refractivity contribution in [3.63, 3.8) is 0 Å². The molecule has 6 heteroatoms. The van der Waals surface area contributed by atoms with E-state index in [4.69, 9.17) is 11.6 Å². The summed E-state index contributed by atoms with van der Waals surface area (Å²) in [4.78, 5) is 20.4. The van der Waals surface area contributed by atoms with Crippen LogP contribution in [0.15, 0.2) is 48.0 Å². The van der Waals surface area contributed by atoms with E-state index in [0.29, 0.717) is 17.3 Å². The van der Waals surface area contributed by atoms with Crippen LogP contribution >= 0.6 is 22.9 Å². The molecule has 0 aliphatic heterocycles. The van der Waals surface area contributed by atoms with E-state index in [1.165, 1.54) is 11.8 Å². The molecule has 1 aromatic carbocycles. The maximum absolute atomic E-state index is 12.0. The predicted octanol–water partition coefficient (Wildman–Crippen LogP) is 4.14. The highest BCUT2D eigenvalue weighted by molar-refractivity contribution is 7.09. The molecule has 1 amide bonds. The van der Waals surface area contributed by atoms with Gasteiger partial charge >= 0.3 is 0 Å². The number of carbonyl (C=O) groups is 1. The monoisotopic (exact) mass is 357 g/mol. The summed E-state index contributed by atoms with van der Waals surface area (Å²) in [6, 6.07) is 11.5. The van der Waals surface area contributed by atoms with Gasteiger partial charge in [0.1, 0.15) is 5.15 Å². The van der Waals surface area contributed by atoms with Crippen molar-refractivity contribution in [2.75, 3.05) is 6.54 Å². The van der Waals surface area contributed by atoms with Crippen LogP contribution in [0.25, 0.3) is 11.3 Å². The third kappa shape index (κ3) is 4.19. The third-order valence-electron chi connectivity index (χ3n) is 3.56. The van der Waals surface area contributed by atoms with Crippen molar-refractivity contribution in [1.29, 1.82) is 0 Å². The lowest BCUT2D eigenvalue weighted by Gasteiger charge is -2.06. The highest BCUT2D eigenvalue weighted by Gasteiger charge is 2.06. The van der Waals surface area contributed by atoms with Crippen molar-refractivity contribution >= 4 is 28.8 Å². The lowest BCUT2D eigenvalue weighted by molar-refractivity contribution is 0.0954. The molecule has 3 aromatic rings. The normalized spacial score (nSPS) is 10.6. The largest absolute Gasteiger partial charge is 0.352 e. The molecule has 0 fully saturated rings. The van der Waals surface area contributed by atoms with Crippen molar-refractivity contribution in [3.05, 3.63) is 69.3 Å². The fourth-order valence-corrected chi connectivity index (χ4v) is 3.00. The van der Waals surface area contributed by atoms with Crippen LogP contribution < -0.4 is 5.32 Å². The Kier molecular flexibility index (Phi) is 5.23. The van der Waals surface area contributed by atoms with Crippen LogP contribution in [0.3, 0.4) is 0 Å². The number of hydrogen-bond donors (Lipinski definition) is 1. The second-order valence-electron chi connectivity index (χ2n) is 5.32. The Morgan fingerprint density at radius 1 is 1.21 bits per heavy atom. The van der Waals surface area contributed by atoms with Crippen molar-refractivity contribution in [2.24, 2.45) is 0 Å². The number of nitrogens with zero attached hydrogens (tertiary/aromatic N) is 2. The lowest BCUT2D eigenvalue weighted by atomic mass is 10.1. The van der Waals surface area contributed by atoms with E-state index in [1.807, 2.05) is 6.92 Å². The topological polar surface area (TPSA) is 54.9 Å². The Balaban J connectivity index is 1.53. The van der Waals surface area contributed by atoms with E-state index in [9.17, 15) is 4.79 Å². The van der Waals surface area contributed by atoms with Gasteiger partial charge in [-0.2, -0.15) is 0 Å². The van der Waals surface area contributed by atoms with Gasteiger partial charge in [-0.15, -0.1) is 11.3 Å². The smallest absolute Gasteiger partial charge is 0.252 e. The minimum atomic E-state index is -0.145. The minimum Gasteiger partial charge on any atom is -0.352 e. The van der Waals surface area contributed by atoms with Crippen LogP contribution in [-0.2, 0) is 6.42 Å². The summed E-state index contributed by atoms with van der Waals surface area (Å²) in [5.41, 5.74) is 3.79. The van der Waals surface area contributed by atoms with Crippen LogP contribution in [0, 0.1) is 6.92 Å². The van der Waals surface area contributed by atoms with E-state index in [-0.39, 0.29) is 5.91 Å². The number of carbonyl (C=O) groups excluding carboxylic acids is 1. The van der Waals surface area contributed by atoms with E-state index in [1.54, 1.807) is 23.5 Å². The van der Waals surface area contributed by atoms with Gasteiger partial charge in [0.25, 0.3) is 5.91 Å². The molecule has 2 heterocycles. The SMILES string of the molecule is Cc1nc(-c2ccc(CCNC(=O)c3ccc(Cl)nc3)cc2)cs1. The van der Waals surface area contributed by atoms with Gasteiger partial charge in [0.15, 0.2) is 0 Å². The number of hydrogen-bond acceptors (Lipinski definition) is 4. The van der Waals surface area contributed by atoms with Crippen molar-refractivity contribution in [3.8, 4) is 11.3 Å². The summed E-state index contributed by atoms with van der Waals surface area (Å²) in [5.74, 6) is -0.145. The second-order valence-corrected chi connectivity index (χ2v) is 6.77. The number of halogens is 1. The predicted molar refractivity (Wildman–Crippen MR) is 97.6 cm³/mol. The quantitative estimate of drug-likeness (QED) is 0.698. The van der Waals surface area contributed by atoms with E-state index >= 15 is 0 Å². The van der Waals surface area contributed by atoms with Gasteiger partial charge < -0.3 is 5.32 Å². The van der Waals surface area contributed by atoms with Crippen molar-refractivity contribution < 1.29 is 4.79 Å². The fourth-order valence-electron chi connectivity index (χ4n) is 2.27. The Morgan fingerprint density at radius 2 is 2.00 bits per heavy atom. The minimum absolute atomic E-state index is 0.145. The molecule has 0 bridgehead atoms. The molecule has 0 saturated heterocycles. The van der Waals surface area contributed by atoms with E-state index in [0.717, 1.165) is 22.7 Å². The van der Waals surface area contributed by atoms with Gasteiger partial charge in [-0.1, -0.05) is 35.9 Å². The molecule has 0 radical (unpaired) electrons. The van der Waals surface area contributed by atoms with Crippen LogP contribution in [-0.4, -0.2) is 22.4 Å². The number of rotatable bonds is 5. The first-order valence-electron chi connectivity index (χ1n) is 7.53. The summed E-state index contributed by atoms with van der Waals surface area (Å²) in [5, 5.41) is 6.38. The summed E-state index contributed by atoms with van der Waals surface area (Å²) in [6.07, 6.45) is 2.24. The van der Waals surface area contributed by atoms with Gasteiger partial charge in [-0.3, -0.25) is 4.79 Å². The first kappa shape index (κ1) is 16.6. The van der Waals surface area contributed by atoms with Crippen LogP contribution in [0.5, 0.6) is 0 Å². The van der Waals surface area contributed by atoms with Gasteiger partial charge in [-0.05, 0) is 31.0 Å². The molecular formula is C18H16ClN3OS. The molecule has 1 N–H and O–H groups in total. The first-order valence-corrected chi connectivity index (χ1v) is 8.79. The number of pyridine rings is 1.